The Bertz CT molecular complexity index is 867. The molecule has 0 fully saturated rings. The summed E-state index contributed by atoms with van der Waals surface area (Å²) in [5.74, 6) is 0.508. The van der Waals surface area contributed by atoms with E-state index in [1.54, 1.807) is 42.5 Å². The lowest BCUT2D eigenvalue weighted by molar-refractivity contribution is -0.119. The van der Waals surface area contributed by atoms with Crippen LogP contribution >= 0.6 is 0 Å². The molecule has 0 atom stereocenters. The van der Waals surface area contributed by atoms with Crippen molar-refractivity contribution in [2.45, 2.75) is 32.1 Å². The molecule has 0 aliphatic heterocycles. The molecule has 7 heteroatoms. The second-order valence-electron chi connectivity index (χ2n) is 6.76. The highest BCUT2D eigenvalue weighted by Crippen LogP contribution is 2.32. The smallest absolute Gasteiger partial charge is 0.264 e. The second kappa shape index (κ2) is 10.1. The number of sulfonamides is 1. The molecule has 28 heavy (non-hydrogen) atoms. The summed E-state index contributed by atoms with van der Waals surface area (Å²) < 4.78 is 33.3. The van der Waals surface area contributed by atoms with E-state index in [9.17, 15) is 13.2 Å². The van der Waals surface area contributed by atoms with E-state index in [0.29, 0.717) is 30.5 Å². The zero-order valence-electron chi connectivity index (χ0n) is 16.6. The highest BCUT2D eigenvalue weighted by atomic mass is 32.2. The van der Waals surface area contributed by atoms with Crippen molar-refractivity contribution in [3.63, 3.8) is 0 Å². The van der Waals surface area contributed by atoms with Crippen molar-refractivity contribution in [3.05, 3.63) is 54.6 Å². The molecule has 1 amide bonds. The fourth-order valence-electron chi connectivity index (χ4n) is 2.65. The molecule has 0 saturated carbocycles. The van der Waals surface area contributed by atoms with Gasteiger partial charge < -0.3 is 10.1 Å². The molecule has 0 unspecified atom stereocenters. The minimum Gasteiger partial charge on any atom is -0.492 e. The monoisotopic (exact) mass is 404 g/mol. The van der Waals surface area contributed by atoms with Crippen molar-refractivity contribution in [1.29, 1.82) is 0 Å². The Kier molecular flexibility index (Phi) is 7.87. The van der Waals surface area contributed by atoms with Crippen molar-refractivity contribution in [2.75, 3.05) is 24.0 Å². The zero-order chi connectivity index (χ0) is 20.6. The van der Waals surface area contributed by atoms with E-state index in [1.165, 1.54) is 12.1 Å². The number of carbonyl (C=O) groups is 1. The maximum atomic E-state index is 13.3. The van der Waals surface area contributed by atoms with Crippen LogP contribution in [-0.4, -0.2) is 34.0 Å². The summed E-state index contributed by atoms with van der Waals surface area (Å²) in [6.45, 7) is 6.53. The maximum Gasteiger partial charge on any atom is 0.264 e. The van der Waals surface area contributed by atoms with Gasteiger partial charge in [-0.2, -0.15) is 0 Å². The molecule has 2 rings (SSSR count). The van der Waals surface area contributed by atoms with Crippen LogP contribution in [0.15, 0.2) is 59.5 Å². The van der Waals surface area contributed by atoms with Gasteiger partial charge in [-0.15, -0.1) is 0 Å². The Morgan fingerprint density at radius 1 is 1.07 bits per heavy atom. The number of anilines is 1. The van der Waals surface area contributed by atoms with Crippen molar-refractivity contribution >= 4 is 21.6 Å². The normalized spacial score (nSPS) is 11.3. The molecular weight excluding hydrogens is 376 g/mol. The molecule has 152 valence electrons. The molecule has 0 radical (unpaired) electrons. The van der Waals surface area contributed by atoms with Gasteiger partial charge in [0.2, 0.25) is 5.91 Å². The molecule has 0 spiro atoms. The number of nitrogens with zero attached hydrogens (tertiary/aromatic N) is 1. The molecule has 6 nitrogen and oxygen atoms in total. The van der Waals surface area contributed by atoms with Gasteiger partial charge in [0.1, 0.15) is 12.3 Å². The van der Waals surface area contributed by atoms with E-state index in [1.807, 2.05) is 6.92 Å². The average molecular weight is 405 g/mol. The van der Waals surface area contributed by atoms with Crippen molar-refractivity contribution in [1.82, 2.24) is 5.32 Å². The van der Waals surface area contributed by atoms with Crippen molar-refractivity contribution in [3.8, 4) is 5.75 Å². The van der Waals surface area contributed by atoms with Gasteiger partial charge in [0.15, 0.2) is 0 Å². The third kappa shape index (κ3) is 5.73. The number of ether oxygens (including phenoxy) is 1. The number of para-hydroxylation sites is 2. The van der Waals surface area contributed by atoms with Gasteiger partial charge in [0.25, 0.3) is 10.0 Å². The lowest BCUT2D eigenvalue weighted by Crippen LogP contribution is -2.41. The SMILES string of the molecule is CCOc1ccccc1N(CC(=O)NCCC(C)C)S(=O)(=O)c1ccccc1. The fraction of sp³-hybridized carbons (Fsp3) is 0.381. The third-order valence-electron chi connectivity index (χ3n) is 4.10. The summed E-state index contributed by atoms with van der Waals surface area (Å²) in [4.78, 5) is 12.6. The highest BCUT2D eigenvalue weighted by molar-refractivity contribution is 7.92. The summed E-state index contributed by atoms with van der Waals surface area (Å²) in [6, 6.07) is 14.9. The largest absolute Gasteiger partial charge is 0.492 e. The van der Waals surface area contributed by atoms with Crippen molar-refractivity contribution in [2.24, 2.45) is 5.92 Å². The van der Waals surface area contributed by atoms with E-state index >= 15 is 0 Å². The fourth-order valence-corrected chi connectivity index (χ4v) is 4.10. The number of hydrogen-bond acceptors (Lipinski definition) is 4. The average Bonchev–Trinajstić information content (AvgIpc) is 2.67. The highest BCUT2D eigenvalue weighted by Gasteiger charge is 2.29. The van der Waals surface area contributed by atoms with E-state index in [2.05, 4.69) is 19.2 Å². The van der Waals surface area contributed by atoms with Gasteiger partial charge in [-0.05, 0) is 43.5 Å². The van der Waals surface area contributed by atoms with Gasteiger partial charge in [-0.25, -0.2) is 8.42 Å². The molecule has 0 saturated heterocycles. The molecule has 0 aliphatic carbocycles. The predicted octanol–water partition coefficient (Wildman–Crippen LogP) is 3.44. The zero-order valence-corrected chi connectivity index (χ0v) is 17.4. The molecule has 0 aliphatic rings. The van der Waals surface area contributed by atoms with Crippen LogP contribution in [0.5, 0.6) is 5.75 Å². The van der Waals surface area contributed by atoms with Crippen LogP contribution in [0, 0.1) is 5.92 Å². The minimum absolute atomic E-state index is 0.122. The standard InChI is InChI=1S/C21H28N2O4S/c1-4-27-20-13-9-8-12-19(20)23(16-21(24)22-15-14-17(2)3)28(25,26)18-10-6-5-7-11-18/h5-13,17H,4,14-16H2,1-3H3,(H,22,24). The Morgan fingerprint density at radius 3 is 2.36 bits per heavy atom. The van der Waals surface area contributed by atoms with E-state index in [4.69, 9.17) is 4.74 Å². The minimum atomic E-state index is -3.94. The van der Waals surface area contributed by atoms with E-state index < -0.39 is 10.0 Å². The molecule has 2 aromatic rings. The number of hydrogen-bond donors (Lipinski definition) is 1. The summed E-state index contributed by atoms with van der Waals surface area (Å²) in [5.41, 5.74) is 0.340. The number of rotatable bonds is 10. The first kappa shape index (κ1) is 21.8. The first-order valence-electron chi connectivity index (χ1n) is 9.42. The first-order valence-corrected chi connectivity index (χ1v) is 10.9. The predicted molar refractivity (Wildman–Crippen MR) is 111 cm³/mol. The molecule has 0 aromatic heterocycles. The Morgan fingerprint density at radius 2 is 1.71 bits per heavy atom. The molecular formula is C21H28N2O4S. The lowest BCUT2D eigenvalue weighted by Gasteiger charge is -2.26. The first-order chi connectivity index (χ1) is 13.4. The van der Waals surface area contributed by atoms with Gasteiger partial charge in [0, 0.05) is 6.54 Å². The molecule has 0 bridgehead atoms. The second-order valence-corrected chi connectivity index (χ2v) is 8.62. The van der Waals surface area contributed by atoms with Crippen LogP contribution in [0.25, 0.3) is 0 Å². The number of nitrogens with one attached hydrogen (secondary N) is 1. The van der Waals surface area contributed by atoms with Gasteiger partial charge in [-0.1, -0.05) is 44.2 Å². The van der Waals surface area contributed by atoms with Gasteiger partial charge in [-0.3, -0.25) is 9.10 Å². The van der Waals surface area contributed by atoms with Gasteiger partial charge in [0.05, 0.1) is 17.2 Å². The van der Waals surface area contributed by atoms with Crippen LogP contribution in [0.2, 0.25) is 0 Å². The van der Waals surface area contributed by atoms with Crippen LogP contribution < -0.4 is 14.4 Å². The molecule has 0 heterocycles. The Labute approximate surface area is 167 Å². The lowest BCUT2D eigenvalue weighted by atomic mass is 10.1. The molecule has 1 N–H and O–H groups in total. The summed E-state index contributed by atoms with van der Waals surface area (Å²) in [5, 5.41) is 2.80. The van der Waals surface area contributed by atoms with Crippen LogP contribution in [0.1, 0.15) is 27.2 Å². The summed E-state index contributed by atoms with van der Waals surface area (Å²) in [6.07, 6.45) is 0.826. The van der Waals surface area contributed by atoms with Crippen molar-refractivity contribution < 1.29 is 17.9 Å². The van der Waals surface area contributed by atoms with Gasteiger partial charge >= 0.3 is 0 Å². The maximum absolute atomic E-state index is 13.3. The number of amides is 1. The Balaban J connectivity index is 2.38. The number of carbonyl (C=O) groups excluding carboxylic acids is 1. The van der Waals surface area contributed by atoms with Crippen LogP contribution in [0.3, 0.4) is 0 Å². The third-order valence-corrected chi connectivity index (χ3v) is 5.87. The summed E-state index contributed by atoms with van der Waals surface area (Å²) >= 11 is 0. The van der Waals surface area contributed by atoms with Crippen LogP contribution in [-0.2, 0) is 14.8 Å². The summed E-state index contributed by atoms with van der Waals surface area (Å²) in [7, 11) is -3.94. The van der Waals surface area contributed by atoms with Crippen LogP contribution in [0.4, 0.5) is 5.69 Å². The quantitative estimate of drug-likeness (QED) is 0.658. The topological polar surface area (TPSA) is 75.7 Å². The van der Waals surface area contributed by atoms with E-state index in [-0.39, 0.29) is 17.3 Å². The Hall–Kier alpha value is -2.54. The van der Waals surface area contributed by atoms with E-state index in [0.717, 1.165) is 10.7 Å². The number of benzene rings is 2. The molecule has 2 aromatic carbocycles.